The van der Waals surface area contributed by atoms with E-state index in [0.29, 0.717) is 6.42 Å². The van der Waals surface area contributed by atoms with Crippen LogP contribution in [0.15, 0.2) is 24.3 Å². The summed E-state index contributed by atoms with van der Waals surface area (Å²) in [7, 11) is 0. The quantitative estimate of drug-likeness (QED) is 0.860. The fourth-order valence-corrected chi connectivity index (χ4v) is 2.87. The monoisotopic (exact) mass is 230 g/mol. The summed E-state index contributed by atoms with van der Waals surface area (Å²) in [5, 5.41) is 8.99. The van der Waals surface area contributed by atoms with Crippen LogP contribution in [0.2, 0.25) is 0 Å². The Balaban J connectivity index is 1.85. The second-order valence-corrected chi connectivity index (χ2v) is 5.60. The van der Waals surface area contributed by atoms with Crippen LogP contribution in [0, 0.1) is 0 Å². The molecular weight excluding hydrogens is 212 g/mol. The molecule has 90 valence electrons. The van der Waals surface area contributed by atoms with E-state index < -0.39 is 5.97 Å². The Morgan fingerprint density at radius 3 is 2.65 bits per heavy atom. The molecule has 2 fully saturated rings. The molecule has 17 heavy (non-hydrogen) atoms. The Morgan fingerprint density at radius 2 is 2.12 bits per heavy atom. The van der Waals surface area contributed by atoms with Crippen molar-refractivity contribution in [3.05, 3.63) is 35.4 Å². The predicted octanol–water partition coefficient (Wildman–Crippen LogP) is 3.46. The van der Waals surface area contributed by atoms with Crippen LogP contribution in [0.5, 0.6) is 0 Å². The van der Waals surface area contributed by atoms with Crippen molar-refractivity contribution in [2.45, 2.75) is 49.9 Å². The average Bonchev–Trinajstić information content (AvgIpc) is 2.96. The van der Waals surface area contributed by atoms with E-state index in [9.17, 15) is 4.79 Å². The van der Waals surface area contributed by atoms with Crippen molar-refractivity contribution in [3.8, 4) is 0 Å². The van der Waals surface area contributed by atoms with Crippen LogP contribution < -0.4 is 0 Å². The number of aliphatic carboxylic acids is 1. The maximum atomic E-state index is 10.9. The first kappa shape index (κ1) is 10.8. The van der Waals surface area contributed by atoms with E-state index >= 15 is 0 Å². The van der Waals surface area contributed by atoms with E-state index in [1.165, 1.54) is 30.4 Å². The molecule has 2 nitrogen and oxygen atoms in total. The van der Waals surface area contributed by atoms with E-state index in [1.807, 2.05) is 0 Å². The molecule has 1 aromatic rings. The summed E-state index contributed by atoms with van der Waals surface area (Å²) < 4.78 is 0. The first-order valence-electron chi connectivity index (χ1n) is 6.52. The lowest BCUT2D eigenvalue weighted by Crippen LogP contribution is -2.14. The van der Waals surface area contributed by atoms with E-state index in [1.54, 1.807) is 0 Å². The van der Waals surface area contributed by atoms with Gasteiger partial charge in [0.1, 0.15) is 0 Å². The van der Waals surface area contributed by atoms with E-state index in [-0.39, 0.29) is 5.41 Å². The van der Waals surface area contributed by atoms with Crippen LogP contribution in [0.4, 0.5) is 0 Å². The number of rotatable bonds is 4. The molecule has 0 radical (unpaired) electrons. The smallest absolute Gasteiger partial charge is 0.304 e. The molecule has 0 spiro atoms. The maximum Gasteiger partial charge on any atom is 0.304 e. The molecule has 2 aliphatic carbocycles. The van der Waals surface area contributed by atoms with Gasteiger partial charge in [-0.3, -0.25) is 4.79 Å². The standard InChI is InChI=1S/C15H18O2/c16-14(17)10-15(7-8-15)13-6-2-5-12(9-13)11-3-1-4-11/h2,5-6,9,11H,1,3-4,7-8,10H2,(H,16,17). The summed E-state index contributed by atoms with van der Waals surface area (Å²) in [4.78, 5) is 10.9. The number of carbonyl (C=O) groups is 1. The van der Waals surface area contributed by atoms with Gasteiger partial charge in [-0.25, -0.2) is 0 Å². The first-order chi connectivity index (χ1) is 8.20. The van der Waals surface area contributed by atoms with Crippen LogP contribution in [0.1, 0.15) is 55.6 Å². The number of hydrogen-bond acceptors (Lipinski definition) is 1. The fraction of sp³-hybridized carbons (Fsp3) is 0.533. The SMILES string of the molecule is O=C(O)CC1(c2cccc(C3CCC3)c2)CC1. The van der Waals surface area contributed by atoms with Gasteiger partial charge in [0.05, 0.1) is 6.42 Å². The summed E-state index contributed by atoms with van der Waals surface area (Å²) >= 11 is 0. The molecule has 0 aliphatic heterocycles. The number of benzene rings is 1. The van der Waals surface area contributed by atoms with Gasteiger partial charge in [-0.15, -0.1) is 0 Å². The number of hydrogen-bond donors (Lipinski definition) is 1. The Hall–Kier alpha value is -1.31. The first-order valence-corrected chi connectivity index (χ1v) is 6.52. The minimum atomic E-state index is -0.670. The number of carboxylic acid groups (broad SMARTS) is 1. The van der Waals surface area contributed by atoms with Crippen molar-refractivity contribution < 1.29 is 9.90 Å². The van der Waals surface area contributed by atoms with Gasteiger partial charge < -0.3 is 5.11 Å². The molecule has 0 atom stereocenters. The third-order valence-corrected chi connectivity index (χ3v) is 4.42. The van der Waals surface area contributed by atoms with Gasteiger partial charge in [-0.2, -0.15) is 0 Å². The topological polar surface area (TPSA) is 37.3 Å². The molecular formula is C15H18O2. The highest BCUT2D eigenvalue weighted by Crippen LogP contribution is 2.51. The maximum absolute atomic E-state index is 10.9. The normalized spacial score (nSPS) is 21.9. The second kappa shape index (κ2) is 3.86. The molecule has 1 aromatic carbocycles. The van der Waals surface area contributed by atoms with Crippen LogP contribution in [0.3, 0.4) is 0 Å². The van der Waals surface area contributed by atoms with Crippen LogP contribution in [0.25, 0.3) is 0 Å². The zero-order chi connectivity index (χ0) is 11.9. The van der Waals surface area contributed by atoms with Crippen molar-refractivity contribution >= 4 is 5.97 Å². The van der Waals surface area contributed by atoms with Crippen molar-refractivity contribution in [2.24, 2.45) is 0 Å². The van der Waals surface area contributed by atoms with Crippen LogP contribution in [-0.2, 0) is 10.2 Å². The van der Waals surface area contributed by atoms with Gasteiger partial charge in [0.15, 0.2) is 0 Å². The van der Waals surface area contributed by atoms with Gasteiger partial charge >= 0.3 is 5.97 Å². The minimum Gasteiger partial charge on any atom is -0.481 e. The molecule has 0 heterocycles. The average molecular weight is 230 g/mol. The predicted molar refractivity (Wildman–Crippen MR) is 66.2 cm³/mol. The zero-order valence-corrected chi connectivity index (χ0v) is 9.98. The van der Waals surface area contributed by atoms with Crippen molar-refractivity contribution in [1.82, 2.24) is 0 Å². The summed E-state index contributed by atoms with van der Waals surface area (Å²) in [5.41, 5.74) is 2.64. The third-order valence-electron chi connectivity index (χ3n) is 4.42. The van der Waals surface area contributed by atoms with Crippen LogP contribution >= 0.6 is 0 Å². The summed E-state index contributed by atoms with van der Waals surface area (Å²) in [6.07, 6.45) is 6.31. The minimum absolute atomic E-state index is 0.0361. The molecule has 0 saturated heterocycles. The molecule has 0 unspecified atom stereocenters. The van der Waals surface area contributed by atoms with Crippen molar-refractivity contribution in [1.29, 1.82) is 0 Å². The molecule has 2 aliphatic rings. The number of carboxylic acids is 1. The van der Waals surface area contributed by atoms with Crippen molar-refractivity contribution in [2.75, 3.05) is 0 Å². The van der Waals surface area contributed by atoms with E-state index in [0.717, 1.165) is 18.8 Å². The lowest BCUT2D eigenvalue weighted by atomic mass is 9.78. The van der Waals surface area contributed by atoms with Gasteiger partial charge in [-0.1, -0.05) is 30.7 Å². The highest BCUT2D eigenvalue weighted by molar-refractivity contribution is 5.70. The molecule has 0 bridgehead atoms. The lowest BCUT2D eigenvalue weighted by Gasteiger charge is -2.27. The molecule has 3 rings (SSSR count). The summed E-state index contributed by atoms with van der Waals surface area (Å²) in [5.74, 6) is 0.0622. The van der Waals surface area contributed by atoms with Gasteiger partial charge in [0.2, 0.25) is 0 Å². The Bertz CT molecular complexity index is 442. The third kappa shape index (κ3) is 1.97. The highest BCUT2D eigenvalue weighted by Gasteiger charge is 2.46. The van der Waals surface area contributed by atoms with Gasteiger partial charge in [-0.05, 0) is 42.7 Å². The second-order valence-electron chi connectivity index (χ2n) is 5.60. The lowest BCUT2D eigenvalue weighted by molar-refractivity contribution is -0.137. The van der Waals surface area contributed by atoms with E-state index in [2.05, 4.69) is 24.3 Å². The molecule has 2 saturated carbocycles. The van der Waals surface area contributed by atoms with Crippen LogP contribution in [-0.4, -0.2) is 11.1 Å². The zero-order valence-electron chi connectivity index (χ0n) is 9.98. The van der Waals surface area contributed by atoms with Crippen molar-refractivity contribution in [3.63, 3.8) is 0 Å². The van der Waals surface area contributed by atoms with Gasteiger partial charge in [0.25, 0.3) is 0 Å². The summed E-state index contributed by atoms with van der Waals surface area (Å²) in [6.45, 7) is 0. The Labute approximate surface area is 102 Å². The van der Waals surface area contributed by atoms with Gasteiger partial charge in [0, 0.05) is 5.41 Å². The highest BCUT2D eigenvalue weighted by atomic mass is 16.4. The largest absolute Gasteiger partial charge is 0.481 e. The molecule has 0 aromatic heterocycles. The summed E-state index contributed by atoms with van der Waals surface area (Å²) in [6, 6.07) is 8.67. The Kier molecular flexibility index (Phi) is 2.46. The fourth-order valence-electron chi connectivity index (χ4n) is 2.87. The Morgan fingerprint density at radius 1 is 1.35 bits per heavy atom. The molecule has 0 amide bonds. The van der Waals surface area contributed by atoms with E-state index in [4.69, 9.17) is 5.11 Å². The molecule has 2 heteroatoms. The molecule has 1 N–H and O–H groups in total.